The molecule has 1 amide bonds. The molecule has 2 aliphatic rings. The fourth-order valence-electron chi connectivity index (χ4n) is 3.60. The molecule has 0 radical (unpaired) electrons. The number of nitrogens with two attached hydrogens (primary N) is 1. The summed E-state index contributed by atoms with van der Waals surface area (Å²) in [6.45, 7) is 0. The van der Waals surface area contributed by atoms with Gasteiger partial charge in [-0.25, -0.2) is 0 Å². The third-order valence-corrected chi connectivity index (χ3v) is 4.94. The highest BCUT2D eigenvalue weighted by molar-refractivity contribution is 6.51. The molecule has 4 rings (SSSR count). The van der Waals surface area contributed by atoms with E-state index in [0.29, 0.717) is 17.3 Å². The van der Waals surface area contributed by atoms with Crippen LogP contribution in [-0.4, -0.2) is 27.8 Å². The summed E-state index contributed by atoms with van der Waals surface area (Å²) >= 11 is 0. The summed E-state index contributed by atoms with van der Waals surface area (Å²) in [6.07, 6.45) is 6.01. The van der Waals surface area contributed by atoms with E-state index in [1.54, 1.807) is 29.1 Å². The van der Waals surface area contributed by atoms with Gasteiger partial charge in [-0.05, 0) is 43.4 Å². The van der Waals surface area contributed by atoms with Crippen LogP contribution in [0.25, 0.3) is 6.08 Å². The number of nitriles is 1. The molecule has 1 aromatic carbocycles. The normalized spacial score (nSPS) is 20.7. The largest absolute Gasteiger partial charge is 0.552 e. The zero-order valence-electron chi connectivity index (χ0n) is 14.5. The van der Waals surface area contributed by atoms with E-state index in [0.717, 1.165) is 24.8 Å². The Labute approximate surface area is 156 Å². The van der Waals surface area contributed by atoms with Gasteiger partial charge in [0.1, 0.15) is 11.3 Å². The van der Waals surface area contributed by atoms with Crippen molar-refractivity contribution in [2.45, 2.75) is 25.3 Å². The Morgan fingerprint density at radius 3 is 3.11 bits per heavy atom. The van der Waals surface area contributed by atoms with Gasteiger partial charge in [0.25, 0.3) is 5.91 Å². The number of carbonyl (C=O) groups excluding carboxylic acids is 1. The third kappa shape index (κ3) is 3.27. The van der Waals surface area contributed by atoms with Gasteiger partial charge in [-0.15, -0.1) is 0 Å². The number of nitrogens with zero attached hydrogens (tertiary/aromatic N) is 3. The number of carbonyl (C=O) groups is 1. The second-order valence-electron chi connectivity index (χ2n) is 6.71. The first kappa shape index (κ1) is 17.2. The van der Waals surface area contributed by atoms with Gasteiger partial charge in [0.2, 0.25) is 0 Å². The molecule has 1 aliphatic carbocycles. The molecular weight excluding hydrogens is 345 g/mol. The summed E-state index contributed by atoms with van der Waals surface area (Å²) in [5, 5.41) is 26.4. The zero-order valence-corrected chi connectivity index (χ0v) is 14.5. The average Bonchev–Trinajstić information content (AvgIpc) is 3.28. The highest BCUT2D eigenvalue weighted by Gasteiger charge is 2.30. The number of nitrogens with one attached hydrogen (secondary N) is 1. The molecule has 2 aromatic rings. The lowest BCUT2D eigenvalue weighted by Crippen LogP contribution is -2.21. The monoisotopic (exact) mass is 363 g/mol. The van der Waals surface area contributed by atoms with Gasteiger partial charge in [-0.1, -0.05) is 6.08 Å². The van der Waals surface area contributed by atoms with Crippen LogP contribution in [0.5, 0.6) is 5.75 Å². The number of aromatic nitrogens is 2. The molecule has 9 heteroatoms. The highest BCUT2D eigenvalue weighted by atomic mass is 16.5. The van der Waals surface area contributed by atoms with E-state index in [4.69, 9.17) is 10.4 Å². The molecule has 0 saturated heterocycles. The van der Waals surface area contributed by atoms with Crippen LogP contribution < -0.4 is 15.7 Å². The van der Waals surface area contributed by atoms with E-state index in [9.17, 15) is 15.1 Å². The number of hydrogen-bond donors (Lipinski definition) is 3. The van der Waals surface area contributed by atoms with Crippen molar-refractivity contribution < 1.29 is 14.5 Å². The first-order valence-corrected chi connectivity index (χ1v) is 8.77. The Bertz CT molecular complexity index is 964. The van der Waals surface area contributed by atoms with Crippen LogP contribution in [-0.2, 0) is 0 Å². The van der Waals surface area contributed by atoms with Crippen molar-refractivity contribution in [2.24, 2.45) is 11.7 Å². The van der Waals surface area contributed by atoms with Crippen molar-refractivity contribution >= 4 is 30.6 Å². The number of fused-ring (bicyclic) bond motifs is 1. The Kier molecular flexibility index (Phi) is 4.34. The topological polar surface area (TPSA) is 126 Å². The SMILES string of the molecule is N#C[C@H]1CCC[C@@H]1n1cc(C(N)=O)c(Nc2ccc3c(c2)C=CB(O)O3)n1. The fraction of sp³-hybridized carbons (Fsp3) is 0.278. The summed E-state index contributed by atoms with van der Waals surface area (Å²) in [5.41, 5.74) is 7.29. The summed E-state index contributed by atoms with van der Waals surface area (Å²) in [7, 11) is -0.951. The fourth-order valence-corrected chi connectivity index (χ4v) is 3.60. The zero-order chi connectivity index (χ0) is 19.0. The summed E-state index contributed by atoms with van der Waals surface area (Å²) in [6, 6.07) is 7.59. The number of amides is 1. The number of anilines is 2. The maximum Gasteiger partial charge on any atom is 0.552 e. The lowest BCUT2D eigenvalue weighted by atomic mass is 9.86. The minimum Gasteiger partial charge on any atom is -0.532 e. The van der Waals surface area contributed by atoms with Crippen molar-refractivity contribution in [3.63, 3.8) is 0 Å². The lowest BCUT2D eigenvalue weighted by molar-refractivity contribution is 0.100. The highest BCUT2D eigenvalue weighted by Crippen LogP contribution is 2.36. The molecule has 0 unspecified atom stereocenters. The maximum absolute atomic E-state index is 11.9. The van der Waals surface area contributed by atoms with Gasteiger partial charge in [-0.3, -0.25) is 9.48 Å². The van der Waals surface area contributed by atoms with Crippen LogP contribution in [0, 0.1) is 17.2 Å². The molecule has 4 N–H and O–H groups in total. The van der Waals surface area contributed by atoms with Crippen LogP contribution in [0.2, 0.25) is 0 Å². The molecule has 0 bridgehead atoms. The smallest absolute Gasteiger partial charge is 0.532 e. The maximum atomic E-state index is 11.9. The first-order chi connectivity index (χ1) is 13.0. The minimum atomic E-state index is -0.951. The molecule has 8 nitrogen and oxygen atoms in total. The molecule has 1 aromatic heterocycles. The van der Waals surface area contributed by atoms with Gasteiger partial charge in [0.05, 0.1) is 18.0 Å². The Morgan fingerprint density at radius 1 is 1.48 bits per heavy atom. The molecule has 1 saturated carbocycles. The van der Waals surface area contributed by atoms with Crippen molar-refractivity contribution in [3.8, 4) is 11.8 Å². The van der Waals surface area contributed by atoms with Gasteiger partial charge < -0.3 is 20.7 Å². The van der Waals surface area contributed by atoms with Crippen molar-refractivity contribution in [3.05, 3.63) is 41.5 Å². The number of hydrogen-bond acceptors (Lipinski definition) is 6. The average molecular weight is 363 g/mol. The van der Waals surface area contributed by atoms with Crippen LogP contribution in [0.3, 0.4) is 0 Å². The molecule has 136 valence electrons. The van der Waals surface area contributed by atoms with Gasteiger partial charge >= 0.3 is 7.12 Å². The van der Waals surface area contributed by atoms with Crippen molar-refractivity contribution in [2.75, 3.05) is 5.32 Å². The second-order valence-corrected chi connectivity index (χ2v) is 6.71. The molecule has 2 heterocycles. The minimum absolute atomic E-state index is 0.0509. The summed E-state index contributed by atoms with van der Waals surface area (Å²) < 4.78 is 6.99. The van der Waals surface area contributed by atoms with Crippen LogP contribution >= 0.6 is 0 Å². The van der Waals surface area contributed by atoms with Gasteiger partial charge in [0.15, 0.2) is 5.82 Å². The standard InChI is InChI=1S/C18H18BN5O3/c20-9-12-2-1-3-15(12)24-10-14(17(21)25)18(23-24)22-13-4-5-16-11(8-13)6-7-19(26)27-16/h4-8,10,12,15,26H,1-3H2,(H2,21,25)(H,22,23)/t12-,15+/m1/s1. The van der Waals surface area contributed by atoms with Gasteiger partial charge in [0, 0.05) is 17.4 Å². The summed E-state index contributed by atoms with van der Waals surface area (Å²) in [5.74, 6) is 1.76. The number of primary amides is 1. The lowest BCUT2D eigenvalue weighted by Gasteiger charge is -2.16. The van der Waals surface area contributed by atoms with E-state index < -0.39 is 13.0 Å². The predicted octanol–water partition coefficient (Wildman–Crippen LogP) is 2.02. The van der Waals surface area contributed by atoms with E-state index in [-0.39, 0.29) is 17.5 Å². The number of rotatable bonds is 4. The van der Waals surface area contributed by atoms with E-state index in [1.807, 2.05) is 6.07 Å². The molecule has 0 spiro atoms. The Hall–Kier alpha value is -3.25. The predicted molar refractivity (Wildman–Crippen MR) is 100 cm³/mol. The van der Waals surface area contributed by atoms with E-state index in [1.165, 1.54) is 5.98 Å². The van der Waals surface area contributed by atoms with Crippen LogP contribution in [0.15, 0.2) is 30.4 Å². The van der Waals surface area contributed by atoms with Crippen LogP contribution in [0.1, 0.15) is 41.2 Å². The quantitative estimate of drug-likeness (QED) is 0.714. The molecule has 2 atom stereocenters. The third-order valence-electron chi connectivity index (χ3n) is 4.94. The number of benzene rings is 1. The van der Waals surface area contributed by atoms with Crippen molar-refractivity contribution in [1.82, 2.24) is 9.78 Å². The van der Waals surface area contributed by atoms with Crippen molar-refractivity contribution in [1.29, 1.82) is 5.26 Å². The Morgan fingerprint density at radius 2 is 2.33 bits per heavy atom. The van der Waals surface area contributed by atoms with E-state index in [2.05, 4.69) is 16.5 Å². The molecule has 1 fully saturated rings. The molecule has 27 heavy (non-hydrogen) atoms. The first-order valence-electron chi connectivity index (χ1n) is 8.77. The van der Waals surface area contributed by atoms with Crippen LogP contribution in [0.4, 0.5) is 11.5 Å². The van der Waals surface area contributed by atoms with E-state index >= 15 is 0 Å². The Balaban J connectivity index is 1.64. The van der Waals surface area contributed by atoms with Gasteiger partial charge in [-0.2, -0.15) is 10.4 Å². The summed E-state index contributed by atoms with van der Waals surface area (Å²) in [4.78, 5) is 11.9. The molecule has 1 aliphatic heterocycles. The second kappa shape index (κ2) is 6.81. The molecular formula is C18H18BN5O3.